The van der Waals surface area contributed by atoms with E-state index in [9.17, 15) is 0 Å². The van der Waals surface area contributed by atoms with Crippen molar-refractivity contribution in [3.63, 3.8) is 0 Å². The van der Waals surface area contributed by atoms with Gasteiger partial charge in [0.15, 0.2) is 0 Å². The highest BCUT2D eigenvalue weighted by molar-refractivity contribution is 5.04. The highest BCUT2D eigenvalue weighted by Gasteiger charge is 2.22. The Hall–Kier alpha value is -0.900. The summed E-state index contributed by atoms with van der Waals surface area (Å²) >= 11 is 0. The Balaban J connectivity index is 2.22. The van der Waals surface area contributed by atoms with E-state index in [1.807, 2.05) is 0 Å². The first-order valence-corrected chi connectivity index (χ1v) is 5.90. The van der Waals surface area contributed by atoms with Gasteiger partial charge in [-0.25, -0.2) is 0 Å². The minimum Gasteiger partial charge on any atom is -0.326 e. The molecule has 0 amide bonds. The van der Waals surface area contributed by atoms with Crippen LogP contribution in [-0.4, -0.2) is 20.8 Å². The van der Waals surface area contributed by atoms with E-state index in [0.29, 0.717) is 5.92 Å². The topological polar surface area (TPSA) is 56.7 Å². The number of fused-ring (bicyclic) bond motifs is 1. The minimum absolute atomic E-state index is 0.279. The third-order valence-electron chi connectivity index (χ3n) is 3.17. The fourth-order valence-corrected chi connectivity index (χ4v) is 2.30. The maximum absolute atomic E-state index is 5.98. The number of hydrogen-bond donors (Lipinski definition) is 1. The Labute approximate surface area is 90.9 Å². The maximum Gasteiger partial charge on any atom is 0.135 e. The second-order valence-electron chi connectivity index (χ2n) is 4.57. The smallest absolute Gasteiger partial charge is 0.135 e. The van der Waals surface area contributed by atoms with Gasteiger partial charge in [0.1, 0.15) is 11.6 Å². The van der Waals surface area contributed by atoms with Crippen LogP contribution in [0.4, 0.5) is 0 Å². The summed E-state index contributed by atoms with van der Waals surface area (Å²) in [6.45, 7) is 5.32. The molecule has 4 heteroatoms. The normalized spacial score (nSPS) is 22.5. The molecule has 1 aromatic heterocycles. The lowest BCUT2D eigenvalue weighted by atomic mass is 10.0. The molecule has 2 rings (SSSR count). The molecule has 0 radical (unpaired) electrons. The van der Waals surface area contributed by atoms with E-state index in [2.05, 4.69) is 28.6 Å². The highest BCUT2D eigenvalue weighted by Crippen LogP contribution is 2.22. The van der Waals surface area contributed by atoms with Crippen LogP contribution in [0.5, 0.6) is 0 Å². The number of aryl methyl sites for hydroxylation is 1. The molecule has 0 saturated carbocycles. The molecule has 84 valence electrons. The third kappa shape index (κ3) is 2.04. The minimum atomic E-state index is 0.279. The summed E-state index contributed by atoms with van der Waals surface area (Å²) in [5, 5.41) is 8.56. The van der Waals surface area contributed by atoms with Gasteiger partial charge >= 0.3 is 0 Å². The van der Waals surface area contributed by atoms with Gasteiger partial charge in [-0.15, -0.1) is 10.2 Å². The van der Waals surface area contributed by atoms with Crippen LogP contribution in [0.15, 0.2) is 0 Å². The van der Waals surface area contributed by atoms with E-state index < -0.39 is 0 Å². The molecular weight excluding hydrogens is 188 g/mol. The van der Waals surface area contributed by atoms with E-state index in [-0.39, 0.29) is 6.04 Å². The van der Waals surface area contributed by atoms with Gasteiger partial charge < -0.3 is 10.3 Å². The second kappa shape index (κ2) is 4.31. The van der Waals surface area contributed by atoms with E-state index >= 15 is 0 Å². The number of hydrogen-bond acceptors (Lipinski definition) is 3. The molecule has 0 fully saturated rings. The van der Waals surface area contributed by atoms with Crippen molar-refractivity contribution in [1.29, 1.82) is 0 Å². The summed E-state index contributed by atoms with van der Waals surface area (Å²) in [4.78, 5) is 0. The van der Waals surface area contributed by atoms with Gasteiger partial charge in [-0.3, -0.25) is 0 Å². The lowest BCUT2D eigenvalue weighted by Gasteiger charge is -2.22. The van der Waals surface area contributed by atoms with Crippen LogP contribution in [0.2, 0.25) is 0 Å². The second-order valence-corrected chi connectivity index (χ2v) is 4.57. The molecule has 0 bridgehead atoms. The van der Waals surface area contributed by atoms with Crippen molar-refractivity contribution in [2.24, 2.45) is 5.73 Å². The molecule has 0 aliphatic carbocycles. The fourth-order valence-electron chi connectivity index (χ4n) is 2.30. The molecular formula is C11H20N4. The van der Waals surface area contributed by atoms with Crippen LogP contribution in [0, 0.1) is 0 Å². The molecule has 15 heavy (non-hydrogen) atoms. The van der Waals surface area contributed by atoms with Crippen molar-refractivity contribution in [1.82, 2.24) is 14.8 Å². The van der Waals surface area contributed by atoms with Crippen LogP contribution >= 0.6 is 0 Å². The standard InChI is InChI=1S/C11H20N4/c1-3-4-8(2)11-14-13-10-6-5-9(12)7-15(10)11/h8-9H,3-7,12H2,1-2H3. The maximum atomic E-state index is 5.98. The van der Waals surface area contributed by atoms with Crippen LogP contribution in [0.3, 0.4) is 0 Å². The molecule has 0 spiro atoms. The zero-order chi connectivity index (χ0) is 10.8. The lowest BCUT2D eigenvalue weighted by molar-refractivity contribution is 0.432. The van der Waals surface area contributed by atoms with Crippen molar-refractivity contribution in [3.05, 3.63) is 11.6 Å². The first-order valence-electron chi connectivity index (χ1n) is 5.90. The van der Waals surface area contributed by atoms with Gasteiger partial charge in [0.25, 0.3) is 0 Å². The molecule has 2 heterocycles. The van der Waals surface area contributed by atoms with E-state index in [0.717, 1.165) is 31.0 Å². The van der Waals surface area contributed by atoms with Crippen molar-refractivity contribution < 1.29 is 0 Å². The summed E-state index contributed by atoms with van der Waals surface area (Å²) in [7, 11) is 0. The van der Waals surface area contributed by atoms with Crippen LogP contribution < -0.4 is 5.73 Å². The number of nitrogens with two attached hydrogens (primary N) is 1. The molecule has 4 nitrogen and oxygen atoms in total. The molecule has 2 unspecified atom stereocenters. The van der Waals surface area contributed by atoms with Crippen molar-refractivity contribution in [3.8, 4) is 0 Å². The molecule has 1 aliphatic heterocycles. The number of aromatic nitrogens is 3. The fraction of sp³-hybridized carbons (Fsp3) is 0.818. The van der Waals surface area contributed by atoms with Gasteiger partial charge in [0, 0.05) is 24.9 Å². The average molecular weight is 208 g/mol. The Kier molecular flexibility index (Phi) is 3.05. The molecule has 0 saturated heterocycles. The van der Waals surface area contributed by atoms with E-state index in [1.165, 1.54) is 12.8 Å². The summed E-state index contributed by atoms with van der Waals surface area (Å²) in [5.41, 5.74) is 5.98. The average Bonchev–Trinajstić information content (AvgIpc) is 2.60. The summed E-state index contributed by atoms with van der Waals surface area (Å²) < 4.78 is 2.23. The van der Waals surface area contributed by atoms with Crippen molar-refractivity contribution in [2.75, 3.05) is 0 Å². The van der Waals surface area contributed by atoms with Gasteiger partial charge in [-0.05, 0) is 12.8 Å². The van der Waals surface area contributed by atoms with Gasteiger partial charge in [-0.2, -0.15) is 0 Å². The lowest BCUT2D eigenvalue weighted by Crippen LogP contribution is -2.33. The summed E-state index contributed by atoms with van der Waals surface area (Å²) in [6, 6.07) is 0.279. The monoisotopic (exact) mass is 208 g/mol. The van der Waals surface area contributed by atoms with Crippen LogP contribution in [0.25, 0.3) is 0 Å². The number of nitrogens with zero attached hydrogens (tertiary/aromatic N) is 3. The predicted octanol–water partition coefficient (Wildman–Crippen LogP) is 1.46. The molecule has 1 aromatic rings. The van der Waals surface area contributed by atoms with Crippen LogP contribution in [0.1, 0.15) is 50.7 Å². The zero-order valence-corrected chi connectivity index (χ0v) is 9.61. The summed E-state index contributed by atoms with van der Waals surface area (Å²) in [5.74, 6) is 2.75. The van der Waals surface area contributed by atoms with Gasteiger partial charge in [-0.1, -0.05) is 20.3 Å². The third-order valence-corrected chi connectivity index (χ3v) is 3.17. The Morgan fingerprint density at radius 1 is 1.53 bits per heavy atom. The molecule has 2 atom stereocenters. The van der Waals surface area contributed by atoms with Crippen LogP contribution in [-0.2, 0) is 13.0 Å². The quantitative estimate of drug-likeness (QED) is 0.818. The molecule has 2 N–H and O–H groups in total. The first kappa shape index (κ1) is 10.6. The Morgan fingerprint density at radius 3 is 3.07 bits per heavy atom. The molecule has 1 aliphatic rings. The Bertz CT molecular complexity index is 331. The van der Waals surface area contributed by atoms with Gasteiger partial charge in [0.2, 0.25) is 0 Å². The zero-order valence-electron chi connectivity index (χ0n) is 9.61. The predicted molar refractivity (Wildman–Crippen MR) is 59.6 cm³/mol. The van der Waals surface area contributed by atoms with Gasteiger partial charge in [0.05, 0.1) is 0 Å². The van der Waals surface area contributed by atoms with E-state index in [1.54, 1.807) is 0 Å². The van der Waals surface area contributed by atoms with E-state index in [4.69, 9.17) is 5.73 Å². The highest BCUT2D eigenvalue weighted by atomic mass is 15.3. The number of rotatable bonds is 3. The Morgan fingerprint density at radius 2 is 2.33 bits per heavy atom. The largest absolute Gasteiger partial charge is 0.326 e. The first-order chi connectivity index (χ1) is 7.22. The van der Waals surface area contributed by atoms with Crippen molar-refractivity contribution >= 4 is 0 Å². The SMILES string of the molecule is CCCC(C)c1nnc2n1CC(N)CC2. The summed E-state index contributed by atoms with van der Waals surface area (Å²) in [6.07, 6.45) is 4.39. The molecule has 0 aromatic carbocycles. The van der Waals surface area contributed by atoms with Crippen molar-refractivity contribution in [2.45, 2.75) is 58.0 Å².